The second-order valence-electron chi connectivity index (χ2n) is 6.92. The Hall–Kier alpha value is -2.67. The van der Waals surface area contributed by atoms with Crippen molar-refractivity contribution in [3.8, 4) is 0 Å². The highest BCUT2D eigenvalue weighted by Gasteiger charge is 2.26. The van der Waals surface area contributed by atoms with Crippen molar-refractivity contribution in [2.24, 2.45) is 5.92 Å². The molecule has 1 heterocycles. The van der Waals surface area contributed by atoms with Gasteiger partial charge in [-0.05, 0) is 49.2 Å². The average molecular weight is 386 g/mol. The van der Waals surface area contributed by atoms with Crippen LogP contribution in [-0.2, 0) is 21.2 Å². The number of fused-ring (bicyclic) bond motifs is 1. The number of carbonyl (C=O) groups is 2. The molecule has 7 heteroatoms. The zero-order valence-corrected chi connectivity index (χ0v) is 16.3. The minimum Gasteiger partial charge on any atom is -0.312 e. The van der Waals surface area contributed by atoms with Crippen LogP contribution in [0.4, 0.5) is 11.4 Å². The Kier molecular flexibility index (Phi) is 5.06. The minimum atomic E-state index is -3.76. The van der Waals surface area contributed by atoms with E-state index in [-0.39, 0.29) is 22.5 Å². The van der Waals surface area contributed by atoms with Crippen molar-refractivity contribution < 1.29 is 18.0 Å². The van der Waals surface area contributed by atoms with Gasteiger partial charge in [0, 0.05) is 29.4 Å². The number of sulfonamides is 1. The Morgan fingerprint density at radius 1 is 1.07 bits per heavy atom. The van der Waals surface area contributed by atoms with Crippen LogP contribution in [0, 0.1) is 5.92 Å². The second kappa shape index (κ2) is 7.15. The minimum absolute atomic E-state index is 0.0626. The van der Waals surface area contributed by atoms with Gasteiger partial charge < -0.3 is 4.90 Å². The quantitative estimate of drug-likeness (QED) is 0.800. The van der Waals surface area contributed by atoms with Crippen LogP contribution in [0.2, 0.25) is 0 Å². The summed E-state index contributed by atoms with van der Waals surface area (Å²) in [6.07, 6.45) is 0.691. The standard InChI is InChI=1S/C20H22N2O4S/c1-13(2)20(24)22-11-10-16-12-17(6-9-19(16)22)21-27(25,26)18-7-4-15(5-8-18)14(3)23/h4-9,12-13,21H,10-11H2,1-3H3. The van der Waals surface area contributed by atoms with Crippen molar-refractivity contribution in [3.05, 3.63) is 53.6 Å². The van der Waals surface area contributed by atoms with Gasteiger partial charge in [-0.2, -0.15) is 0 Å². The zero-order chi connectivity index (χ0) is 19.8. The Balaban J connectivity index is 1.82. The number of nitrogens with zero attached hydrogens (tertiary/aromatic N) is 1. The van der Waals surface area contributed by atoms with E-state index in [0.29, 0.717) is 24.2 Å². The number of benzene rings is 2. The molecule has 2 aromatic rings. The zero-order valence-electron chi connectivity index (χ0n) is 15.5. The normalized spacial score (nSPS) is 13.6. The maximum absolute atomic E-state index is 12.6. The SMILES string of the molecule is CC(=O)c1ccc(S(=O)(=O)Nc2ccc3c(c2)CCN3C(=O)C(C)C)cc1. The molecule has 0 atom stereocenters. The van der Waals surface area contributed by atoms with Crippen LogP contribution >= 0.6 is 0 Å². The number of hydrogen-bond donors (Lipinski definition) is 1. The molecule has 0 fully saturated rings. The van der Waals surface area contributed by atoms with Crippen molar-refractivity contribution >= 4 is 33.1 Å². The molecule has 3 rings (SSSR count). The molecule has 2 aromatic carbocycles. The molecule has 0 saturated heterocycles. The smallest absolute Gasteiger partial charge is 0.261 e. The first kappa shape index (κ1) is 19.1. The predicted molar refractivity (Wildman–Crippen MR) is 105 cm³/mol. The topological polar surface area (TPSA) is 83.6 Å². The van der Waals surface area contributed by atoms with Crippen LogP contribution in [0.1, 0.15) is 36.7 Å². The first-order chi connectivity index (χ1) is 12.7. The molecule has 0 spiro atoms. The molecule has 142 valence electrons. The van der Waals surface area contributed by atoms with Crippen LogP contribution < -0.4 is 9.62 Å². The maximum atomic E-state index is 12.6. The molecular formula is C20H22N2O4S. The van der Waals surface area contributed by atoms with Crippen LogP contribution in [0.25, 0.3) is 0 Å². The summed E-state index contributed by atoms with van der Waals surface area (Å²) in [5, 5.41) is 0. The van der Waals surface area contributed by atoms with Gasteiger partial charge in [-0.1, -0.05) is 26.0 Å². The highest BCUT2D eigenvalue weighted by atomic mass is 32.2. The Bertz CT molecular complexity index is 995. The van der Waals surface area contributed by atoms with Crippen molar-refractivity contribution in [3.63, 3.8) is 0 Å². The lowest BCUT2D eigenvalue weighted by molar-refractivity contribution is -0.121. The molecule has 0 saturated carbocycles. The number of rotatable bonds is 5. The number of hydrogen-bond acceptors (Lipinski definition) is 4. The van der Waals surface area contributed by atoms with Gasteiger partial charge in [0.15, 0.2) is 5.78 Å². The number of anilines is 2. The van der Waals surface area contributed by atoms with Crippen molar-refractivity contribution in [2.45, 2.75) is 32.1 Å². The van der Waals surface area contributed by atoms with Crippen molar-refractivity contribution in [1.82, 2.24) is 0 Å². The third-order valence-corrected chi connectivity index (χ3v) is 5.96. The number of ketones is 1. The lowest BCUT2D eigenvalue weighted by Gasteiger charge is -2.19. The highest BCUT2D eigenvalue weighted by Crippen LogP contribution is 2.32. The van der Waals surface area contributed by atoms with Gasteiger partial charge in [0.1, 0.15) is 0 Å². The summed E-state index contributed by atoms with van der Waals surface area (Å²) in [4.78, 5) is 25.4. The lowest BCUT2D eigenvalue weighted by atomic mass is 10.1. The van der Waals surface area contributed by atoms with E-state index >= 15 is 0 Å². The number of carbonyl (C=O) groups excluding carboxylic acids is 2. The number of Topliss-reactive ketones (excluding diaryl/α,β-unsaturated/α-hetero) is 1. The fraction of sp³-hybridized carbons (Fsp3) is 0.300. The van der Waals surface area contributed by atoms with Gasteiger partial charge in [0.2, 0.25) is 5.91 Å². The molecule has 0 radical (unpaired) electrons. The Labute approximate surface area is 159 Å². The van der Waals surface area contributed by atoms with Gasteiger partial charge in [-0.3, -0.25) is 14.3 Å². The van der Waals surface area contributed by atoms with Gasteiger partial charge in [-0.25, -0.2) is 8.42 Å². The summed E-state index contributed by atoms with van der Waals surface area (Å²) >= 11 is 0. The molecule has 6 nitrogen and oxygen atoms in total. The number of amides is 1. The summed E-state index contributed by atoms with van der Waals surface area (Å²) < 4.78 is 27.7. The van der Waals surface area contributed by atoms with E-state index in [1.807, 2.05) is 13.8 Å². The molecule has 0 aliphatic carbocycles. The van der Waals surface area contributed by atoms with Crippen LogP contribution in [0.3, 0.4) is 0 Å². The van der Waals surface area contributed by atoms with E-state index in [1.165, 1.54) is 31.2 Å². The lowest BCUT2D eigenvalue weighted by Crippen LogP contribution is -2.32. The summed E-state index contributed by atoms with van der Waals surface area (Å²) in [5.74, 6) is -0.147. The maximum Gasteiger partial charge on any atom is 0.261 e. The van der Waals surface area contributed by atoms with E-state index < -0.39 is 10.0 Å². The summed E-state index contributed by atoms with van der Waals surface area (Å²) in [5.41, 5.74) is 2.68. The average Bonchev–Trinajstić information content (AvgIpc) is 3.03. The first-order valence-electron chi connectivity index (χ1n) is 8.77. The third kappa shape index (κ3) is 3.88. The van der Waals surface area contributed by atoms with Gasteiger partial charge >= 0.3 is 0 Å². The van der Waals surface area contributed by atoms with Crippen LogP contribution in [0.5, 0.6) is 0 Å². The highest BCUT2D eigenvalue weighted by molar-refractivity contribution is 7.92. The van der Waals surface area contributed by atoms with Crippen molar-refractivity contribution in [1.29, 1.82) is 0 Å². The fourth-order valence-corrected chi connectivity index (χ4v) is 4.14. The predicted octanol–water partition coefficient (Wildman–Crippen LogP) is 3.24. The fourth-order valence-electron chi connectivity index (χ4n) is 3.09. The molecule has 1 aliphatic rings. The summed E-state index contributed by atoms with van der Waals surface area (Å²) in [6.45, 7) is 5.76. The molecule has 27 heavy (non-hydrogen) atoms. The van der Waals surface area contributed by atoms with E-state index in [4.69, 9.17) is 0 Å². The molecular weight excluding hydrogens is 364 g/mol. The molecule has 1 N–H and O–H groups in total. The second-order valence-corrected chi connectivity index (χ2v) is 8.61. The monoisotopic (exact) mass is 386 g/mol. The molecule has 1 aliphatic heterocycles. The Morgan fingerprint density at radius 3 is 2.33 bits per heavy atom. The van der Waals surface area contributed by atoms with Crippen molar-refractivity contribution in [2.75, 3.05) is 16.2 Å². The summed E-state index contributed by atoms with van der Waals surface area (Å²) in [7, 11) is -3.76. The van der Waals surface area contributed by atoms with E-state index in [9.17, 15) is 18.0 Å². The van der Waals surface area contributed by atoms with E-state index in [1.54, 1.807) is 23.1 Å². The Morgan fingerprint density at radius 2 is 1.74 bits per heavy atom. The largest absolute Gasteiger partial charge is 0.312 e. The molecule has 0 aromatic heterocycles. The number of nitrogens with one attached hydrogen (secondary N) is 1. The molecule has 1 amide bonds. The van der Waals surface area contributed by atoms with Gasteiger partial charge in [0.05, 0.1) is 4.90 Å². The summed E-state index contributed by atoms with van der Waals surface area (Å²) in [6, 6.07) is 11.0. The molecule has 0 bridgehead atoms. The molecule has 0 unspecified atom stereocenters. The van der Waals surface area contributed by atoms with Crippen LogP contribution in [-0.4, -0.2) is 26.7 Å². The van der Waals surface area contributed by atoms with E-state index in [0.717, 1.165) is 11.3 Å². The van der Waals surface area contributed by atoms with Gasteiger partial charge in [-0.15, -0.1) is 0 Å². The third-order valence-electron chi connectivity index (χ3n) is 4.56. The first-order valence-corrected chi connectivity index (χ1v) is 10.3. The van der Waals surface area contributed by atoms with Gasteiger partial charge in [0.25, 0.3) is 10.0 Å². The van der Waals surface area contributed by atoms with Crippen LogP contribution in [0.15, 0.2) is 47.4 Å². The van der Waals surface area contributed by atoms with E-state index in [2.05, 4.69) is 4.72 Å².